The molecule has 1 aromatic carbocycles. The molecule has 0 bridgehead atoms. The van der Waals surface area contributed by atoms with E-state index in [9.17, 15) is 43.8 Å². The number of benzene rings is 1. The number of aliphatic carboxylic acids is 1. The van der Waals surface area contributed by atoms with E-state index in [1.807, 2.05) is 0 Å². The molecule has 2 rings (SSSR count). The van der Waals surface area contributed by atoms with E-state index < -0.39 is 78.6 Å². The van der Waals surface area contributed by atoms with Gasteiger partial charge in [0.2, 0.25) is 35.4 Å². The lowest BCUT2D eigenvalue weighted by Gasteiger charge is -2.26. The summed E-state index contributed by atoms with van der Waals surface area (Å²) in [7, 11) is 0. The molecule has 0 saturated carbocycles. The number of carboxylic acids is 1. The van der Waals surface area contributed by atoms with E-state index in [1.54, 1.807) is 0 Å². The summed E-state index contributed by atoms with van der Waals surface area (Å²) in [6, 6.07) is -0.385. The van der Waals surface area contributed by atoms with Gasteiger partial charge in [-0.15, -0.1) is 0 Å². The van der Waals surface area contributed by atoms with E-state index in [0.717, 1.165) is 0 Å². The van der Waals surface area contributed by atoms with E-state index in [0.29, 0.717) is 5.56 Å². The maximum absolute atomic E-state index is 13.7. The second-order valence-corrected chi connectivity index (χ2v) is 12.0. The molecule has 0 spiro atoms. The first kappa shape index (κ1) is 42.0. The summed E-state index contributed by atoms with van der Waals surface area (Å²) in [6.07, 6.45) is -0.384. The van der Waals surface area contributed by atoms with E-state index in [4.69, 9.17) is 28.7 Å². The van der Waals surface area contributed by atoms with Crippen molar-refractivity contribution < 1.29 is 43.8 Å². The zero-order valence-electron chi connectivity index (χ0n) is 28.5. The molecule has 0 aliphatic carbocycles. The van der Waals surface area contributed by atoms with Crippen LogP contribution in [0.5, 0.6) is 5.75 Å². The first-order valence-electron chi connectivity index (χ1n) is 16.5. The van der Waals surface area contributed by atoms with Crippen LogP contribution in [0.15, 0.2) is 34.3 Å². The summed E-state index contributed by atoms with van der Waals surface area (Å²) in [4.78, 5) is 96.7. The highest BCUT2D eigenvalue weighted by Gasteiger charge is 2.33. The minimum Gasteiger partial charge on any atom is -0.508 e. The molecular weight excluding hydrogens is 684 g/mol. The number of amides is 6. The average molecular weight is 733 g/mol. The number of nitrogens with zero attached hydrogens (tertiary/aromatic N) is 2. The number of aromatic hydroxyl groups is 1. The Hall–Kier alpha value is -6.15. The topological polar surface area (TPSA) is 375 Å². The van der Waals surface area contributed by atoms with Crippen LogP contribution >= 0.6 is 0 Å². The Morgan fingerprint density at radius 2 is 1.23 bits per heavy atom. The second kappa shape index (κ2) is 21.2. The number of nitrogens with one attached hydrogen (secondary N) is 5. The Bertz CT molecular complexity index is 1490. The number of nitrogens with two attached hydrogens (primary N) is 5. The summed E-state index contributed by atoms with van der Waals surface area (Å²) in [5.41, 5.74) is 27.6. The number of phenolic OH excluding ortho intramolecular Hbond substituents is 1. The molecule has 1 aliphatic heterocycles. The Morgan fingerprint density at radius 3 is 1.67 bits per heavy atom. The van der Waals surface area contributed by atoms with Crippen molar-refractivity contribution in [2.75, 3.05) is 13.1 Å². The fraction of sp³-hybridized carbons (Fsp3) is 0.516. The van der Waals surface area contributed by atoms with Gasteiger partial charge in [0.15, 0.2) is 11.9 Å². The van der Waals surface area contributed by atoms with Crippen LogP contribution in [-0.4, -0.2) is 107 Å². The highest BCUT2D eigenvalue weighted by atomic mass is 16.4. The molecule has 21 nitrogen and oxygen atoms in total. The lowest BCUT2D eigenvalue weighted by molar-refractivity contribution is -0.138. The van der Waals surface area contributed by atoms with E-state index in [-0.39, 0.29) is 81.6 Å². The van der Waals surface area contributed by atoms with Crippen molar-refractivity contribution in [2.24, 2.45) is 38.7 Å². The second-order valence-electron chi connectivity index (χ2n) is 12.0. The van der Waals surface area contributed by atoms with Crippen molar-refractivity contribution in [3.05, 3.63) is 29.8 Å². The zero-order chi connectivity index (χ0) is 38.8. The number of primary amides is 1. The van der Waals surface area contributed by atoms with Gasteiger partial charge in [0.25, 0.3) is 0 Å². The quantitative estimate of drug-likeness (QED) is 0.0305. The maximum atomic E-state index is 13.7. The molecule has 6 amide bonds. The van der Waals surface area contributed by atoms with Gasteiger partial charge in [-0.25, -0.2) is 0 Å². The van der Waals surface area contributed by atoms with Crippen molar-refractivity contribution in [1.82, 2.24) is 26.6 Å². The Kier molecular flexibility index (Phi) is 17.1. The van der Waals surface area contributed by atoms with Crippen molar-refractivity contribution in [2.45, 2.75) is 88.0 Å². The SMILES string of the molecule is NC(=O)[C@H](Cc1ccc(O)cc1)NC(=O)[C@H](CCCN=C(N)N)NC(=O)[C@H](CCC(=O)O)NC(=O)[C@H](CCCN=C(N)N)NC(=O)[C@@H]1CCC(=O)N1. The van der Waals surface area contributed by atoms with Gasteiger partial charge in [-0.1, -0.05) is 12.1 Å². The molecule has 1 saturated heterocycles. The minimum absolute atomic E-state index is 0.00630. The molecule has 1 aromatic rings. The molecular formula is C31H48N12O9. The van der Waals surface area contributed by atoms with Crippen molar-refractivity contribution in [3.8, 4) is 5.75 Å². The van der Waals surface area contributed by atoms with E-state index >= 15 is 0 Å². The van der Waals surface area contributed by atoms with Gasteiger partial charge < -0.3 is 65.5 Å². The molecule has 52 heavy (non-hydrogen) atoms. The molecule has 0 radical (unpaired) electrons. The molecule has 1 fully saturated rings. The van der Waals surface area contributed by atoms with Crippen LogP contribution in [0.3, 0.4) is 0 Å². The van der Waals surface area contributed by atoms with Gasteiger partial charge in [-0.2, -0.15) is 0 Å². The normalized spacial score (nSPS) is 15.8. The van der Waals surface area contributed by atoms with Crippen LogP contribution in [-0.2, 0) is 40.0 Å². The van der Waals surface area contributed by atoms with Crippen LogP contribution in [0.1, 0.15) is 56.9 Å². The molecule has 5 atom stereocenters. The largest absolute Gasteiger partial charge is 0.508 e. The van der Waals surface area contributed by atoms with Crippen LogP contribution < -0.4 is 55.3 Å². The monoisotopic (exact) mass is 732 g/mol. The summed E-state index contributed by atoms with van der Waals surface area (Å²) >= 11 is 0. The lowest BCUT2D eigenvalue weighted by Crippen LogP contribution is -2.59. The number of hydrogen-bond donors (Lipinski definition) is 12. The van der Waals surface area contributed by atoms with Crippen molar-refractivity contribution in [1.29, 1.82) is 0 Å². The Balaban J connectivity index is 2.29. The molecule has 286 valence electrons. The van der Waals surface area contributed by atoms with Crippen LogP contribution in [0.4, 0.5) is 0 Å². The molecule has 1 heterocycles. The maximum Gasteiger partial charge on any atom is 0.303 e. The van der Waals surface area contributed by atoms with Crippen molar-refractivity contribution in [3.63, 3.8) is 0 Å². The standard InChI is InChI=1S/C31H48N12O9/c32-25(48)22(15-16-5-7-17(44)8-6-16)43-27(50)19(4-2-14-38-31(35)36)41-29(52)21(10-12-24(46)47)42-26(49)18(3-1-13-37-30(33)34)40-28(51)20-9-11-23(45)39-20/h5-8,18-22,44H,1-4,9-15H2,(H2,32,48)(H,39,45)(H,40,51)(H,41,52)(H,42,49)(H,43,50)(H,46,47)(H4,33,34,37)(H4,35,36,38)/t18-,19-,20-,21-,22-/m0/s1. The summed E-state index contributed by atoms with van der Waals surface area (Å²) < 4.78 is 0. The lowest BCUT2D eigenvalue weighted by atomic mass is 10.0. The highest BCUT2D eigenvalue weighted by Crippen LogP contribution is 2.13. The first-order chi connectivity index (χ1) is 24.5. The average Bonchev–Trinajstić information content (AvgIpc) is 3.51. The van der Waals surface area contributed by atoms with Gasteiger partial charge in [-0.05, 0) is 56.2 Å². The van der Waals surface area contributed by atoms with Gasteiger partial charge in [0, 0.05) is 32.4 Å². The molecule has 21 heteroatoms. The fourth-order valence-corrected chi connectivity index (χ4v) is 5.07. The third-order valence-corrected chi connectivity index (χ3v) is 7.78. The molecule has 0 unspecified atom stereocenters. The molecule has 0 aromatic heterocycles. The third kappa shape index (κ3) is 15.6. The van der Waals surface area contributed by atoms with Gasteiger partial charge >= 0.3 is 5.97 Å². The molecule has 1 aliphatic rings. The van der Waals surface area contributed by atoms with Gasteiger partial charge in [0.1, 0.15) is 36.0 Å². The van der Waals surface area contributed by atoms with Gasteiger partial charge in [0.05, 0.1) is 0 Å². The number of aliphatic imine (C=N–C) groups is 2. The first-order valence-corrected chi connectivity index (χ1v) is 16.5. The zero-order valence-corrected chi connectivity index (χ0v) is 28.5. The number of carbonyl (C=O) groups is 7. The summed E-state index contributed by atoms with van der Waals surface area (Å²) in [6.45, 7) is 0.164. The number of carboxylic acid groups (broad SMARTS) is 1. The van der Waals surface area contributed by atoms with Crippen molar-refractivity contribution >= 4 is 53.3 Å². The summed E-state index contributed by atoms with van der Waals surface area (Å²) in [5.74, 6) is -6.19. The van der Waals surface area contributed by atoms with Crippen LogP contribution in [0, 0.1) is 0 Å². The highest BCUT2D eigenvalue weighted by molar-refractivity contribution is 5.97. The number of carbonyl (C=O) groups excluding carboxylic acids is 6. The van der Waals surface area contributed by atoms with Crippen LogP contribution in [0.2, 0.25) is 0 Å². The fourth-order valence-electron chi connectivity index (χ4n) is 5.07. The number of rotatable bonds is 22. The number of hydrogen-bond acceptors (Lipinski definition) is 10. The Morgan fingerprint density at radius 1 is 0.750 bits per heavy atom. The van der Waals surface area contributed by atoms with E-state index in [2.05, 4.69) is 36.6 Å². The third-order valence-electron chi connectivity index (χ3n) is 7.78. The predicted molar refractivity (Wildman–Crippen MR) is 187 cm³/mol. The van der Waals surface area contributed by atoms with Crippen LogP contribution in [0.25, 0.3) is 0 Å². The predicted octanol–water partition coefficient (Wildman–Crippen LogP) is -4.39. The summed E-state index contributed by atoms with van der Waals surface area (Å²) in [5, 5.41) is 31.5. The smallest absolute Gasteiger partial charge is 0.303 e. The number of guanidine groups is 2. The van der Waals surface area contributed by atoms with E-state index in [1.165, 1.54) is 24.3 Å². The Labute approximate surface area is 299 Å². The minimum atomic E-state index is -1.51. The number of phenols is 1. The molecule has 17 N–H and O–H groups in total. The van der Waals surface area contributed by atoms with Gasteiger partial charge in [-0.3, -0.25) is 43.5 Å².